The summed E-state index contributed by atoms with van der Waals surface area (Å²) < 4.78 is 0. The average molecular weight is 322 g/mol. The zero-order chi connectivity index (χ0) is 14.8. The Morgan fingerprint density at radius 3 is 2.90 bits per heavy atom. The van der Waals surface area contributed by atoms with E-state index in [2.05, 4.69) is 15.3 Å². The molecule has 0 saturated heterocycles. The fourth-order valence-electron chi connectivity index (χ4n) is 2.39. The third kappa shape index (κ3) is 3.34. The van der Waals surface area contributed by atoms with Gasteiger partial charge in [-0.1, -0.05) is 29.3 Å². The molecular formula is C15H13Cl2N3O. The molecule has 2 aromatic rings. The molecule has 0 unspecified atom stereocenters. The molecule has 1 aliphatic rings. The van der Waals surface area contributed by atoms with Gasteiger partial charge in [-0.3, -0.25) is 9.78 Å². The molecule has 1 N–H and O–H groups in total. The maximum absolute atomic E-state index is 11.9. The number of benzene rings is 1. The Bertz CT molecular complexity index is 663. The monoisotopic (exact) mass is 321 g/mol. The van der Waals surface area contributed by atoms with Crippen LogP contribution in [0.4, 0.5) is 0 Å². The van der Waals surface area contributed by atoms with E-state index in [0.29, 0.717) is 34.1 Å². The van der Waals surface area contributed by atoms with Gasteiger partial charge in [0, 0.05) is 29.0 Å². The molecule has 0 bridgehead atoms. The Labute approximate surface area is 132 Å². The first kappa shape index (κ1) is 14.3. The number of rotatable bonds is 4. The van der Waals surface area contributed by atoms with E-state index >= 15 is 0 Å². The first-order chi connectivity index (χ1) is 10.1. The van der Waals surface area contributed by atoms with Gasteiger partial charge in [-0.05, 0) is 36.0 Å². The number of nitrogens with zero attached hydrogens (tertiary/aromatic N) is 2. The number of hydrogen-bond acceptors (Lipinski definition) is 3. The molecule has 0 aliphatic heterocycles. The lowest BCUT2D eigenvalue weighted by Crippen LogP contribution is -2.26. The first-order valence-corrected chi connectivity index (χ1v) is 7.40. The minimum atomic E-state index is -0.198. The molecule has 2 atom stereocenters. The molecular weight excluding hydrogens is 309 g/mol. The highest BCUT2D eigenvalue weighted by molar-refractivity contribution is 6.35. The van der Waals surface area contributed by atoms with Crippen molar-refractivity contribution in [2.45, 2.75) is 12.3 Å². The minimum Gasteiger partial charge on any atom is -0.350 e. The number of carbonyl (C=O) groups excluding carboxylic acids is 1. The summed E-state index contributed by atoms with van der Waals surface area (Å²) in [6.45, 7) is 0.610. The zero-order valence-corrected chi connectivity index (χ0v) is 12.6. The van der Waals surface area contributed by atoms with Crippen molar-refractivity contribution in [2.24, 2.45) is 5.92 Å². The van der Waals surface area contributed by atoms with E-state index in [-0.39, 0.29) is 5.91 Å². The largest absolute Gasteiger partial charge is 0.350 e. The molecule has 0 spiro atoms. The molecule has 1 saturated carbocycles. The lowest BCUT2D eigenvalue weighted by Gasteiger charge is -2.06. The molecule has 1 aromatic carbocycles. The quantitative estimate of drug-likeness (QED) is 0.939. The van der Waals surface area contributed by atoms with Crippen LogP contribution in [0.3, 0.4) is 0 Å². The fraction of sp³-hybridized carbons (Fsp3) is 0.267. The second-order valence-electron chi connectivity index (χ2n) is 5.07. The van der Waals surface area contributed by atoms with Gasteiger partial charge in [-0.2, -0.15) is 0 Å². The topological polar surface area (TPSA) is 54.9 Å². The SMILES string of the molecule is O=C(NC[C@@H]1C[C@H]1c1ccc(Cl)cc1Cl)c1cnccn1. The molecule has 0 radical (unpaired) electrons. The van der Waals surface area contributed by atoms with Crippen molar-refractivity contribution in [3.63, 3.8) is 0 Å². The summed E-state index contributed by atoms with van der Waals surface area (Å²) in [5, 5.41) is 4.21. The second kappa shape index (κ2) is 6.00. The zero-order valence-electron chi connectivity index (χ0n) is 11.1. The highest BCUT2D eigenvalue weighted by atomic mass is 35.5. The molecule has 6 heteroatoms. The standard InChI is InChI=1S/C15H13Cl2N3O/c16-10-1-2-11(13(17)6-10)12-5-9(12)7-20-15(21)14-8-18-3-4-19-14/h1-4,6,8-9,12H,5,7H2,(H,20,21)/t9-,12+/m0/s1. The minimum absolute atomic E-state index is 0.198. The van der Waals surface area contributed by atoms with Gasteiger partial charge in [-0.25, -0.2) is 4.98 Å². The molecule has 1 fully saturated rings. The van der Waals surface area contributed by atoms with E-state index in [1.54, 1.807) is 6.07 Å². The van der Waals surface area contributed by atoms with Gasteiger partial charge in [0.05, 0.1) is 6.20 Å². The van der Waals surface area contributed by atoms with Crippen molar-refractivity contribution < 1.29 is 4.79 Å². The molecule has 1 aliphatic carbocycles. The van der Waals surface area contributed by atoms with Crippen molar-refractivity contribution in [1.29, 1.82) is 0 Å². The van der Waals surface area contributed by atoms with Crippen LogP contribution in [0.5, 0.6) is 0 Å². The Balaban J connectivity index is 1.56. The van der Waals surface area contributed by atoms with Gasteiger partial charge in [0.15, 0.2) is 0 Å². The van der Waals surface area contributed by atoms with Crippen LogP contribution in [0.25, 0.3) is 0 Å². The smallest absolute Gasteiger partial charge is 0.271 e. The van der Waals surface area contributed by atoms with E-state index in [1.165, 1.54) is 18.6 Å². The van der Waals surface area contributed by atoms with Gasteiger partial charge in [0.25, 0.3) is 5.91 Å². The number of halogens is 2. The van der Waals surface area contributed by atoms with Crippen LogP contribution in [-0.4, -0.2) is 22.4 Å². The summed E-state index contributed by atoms with van der Waals surface area (Å²) in [6, 6.07) is 5.56. The van der Waals surface area contributed by atoms with Crippen LogP contribution in [0.1, 0.15) is 28.4 Å². The van der Waals surface area contributed by atoms with Crippen LogP contribution in [0.2, 0.25) is 10.0 Å². The summed E-state index contributed by atoms with van der Waals surface area (Å²) in [6.07, 6.45) is 5.51. The maximum atomic E-state index is 11.9. The lowest BCUT2D eigenvalue weighted by atomic mass is 10.1. The average Bonchev–Trinajstić information content (AvgIpc) is 3.25. The number of hydrogen-bond donors (Lipinski definition) is 1. The highest BCUT2D eigenvalue weighted by Crippen LogP contribution is 2.49. The van der Waals surface area contributed by atoms with Crippen LogP contribution >= 0.6 is 23.2 Å². The van der Waals surface area contributed by atoms with Crippen molar-refractivity contribution in [2.75, 3.05) is 6.54 Å². The van der Waals surface area contributed by atoms with Crippen LogP contribution in [0.15, 0.2) is 36.8 Å². The number of carbonyl (C=O) groups is 1. The fourth-order valence-corrected chi connectivity index (χ4v) is 2.94. The summed E-state index contributed by atoms with van der Waals surface area (Å²) >= 11 is 12.1. The van der Waals surface area contributed by atoms with Crippen LogP contribution < -0.4 is 5.32 Å². The predicted octanol–water partition coefficient (Wildman–Crippen LogP) is 3.32. The summed E-state index contributed by atoms with van der Waals surface area (Å²) in [5.74, 6) is 0.595. The van der Waals surface area contributed by atoms with E-state index in [1.807, 2.05) is 12.1 Å². The Morgan fingerprint density at radius 1 is 1.33 bits per heavy atom. The van der Waals surface area contributed by atoms with Crippen molar-refractivity contribution in [3.8, 4) is 0 Å². The van der Waals surface area contributed by atoms with Crippen molar-refractivity contribution in [3.05, 3.63) is 58.1 Å². The molecule has 21 heavy (non-hydrogen) atoms. The number of nitrogens with one attached hydrogen (secondary N) is 1. The predicted molar refractivity (Wildman–Crippen MR) is 81.7 cm³/mol. The molecule has 108 valence electrons. The maximum Gasteiger partial charge on any atom is 0.271 e. The molecule has 3 rings (SSSR count). The summed E-state index contributed by atoms with van der Waals surface area (Å²) in [5.41, 5.74) is 1.43. The van der Waals surface area contributed by atoms with Crippen molar-refractivity contribution in [1.82, 2.24) is 15.3 Å². The Morgan fingerprint density at radius 2 is 2.19 bits per heavy atom. The van der Waals surface area contributed by atoms with E-state index < -0.39 is 0 Å². The molecule has 4 nitrogen and oxygen atoms in total. The molecule has 1 amide bonds. The van der Waals surface area contributed by atoms with Gasteiger partial charge >= 0.3 is 0 Å². The first-order valence-electron chi connectivity index (χ1n) is 6.64. The van der Waals surface area contributed by atoms with Gasteiger partial charge in [-0.15, -0.1) is 0 Å². The summed E-state index contributed by atoms with van der Waals surface area (Å²) in [4.78, 5) is 19.7. The van der Waals surface area contributed by atoms with Crippen LogP contribution in [-0.2, 0) is 0 Å². The number of aromatic nitrogens is 2. The lowest BCUT2D eigenvalue weighted by molar-refractivity contribution is 0.0946. The number of amides is 1. The summed E-state index contributed by atoms with van der Waals surface area (Å²) in [7, 11) is 0. The van der Waals surface area contributed by atoms with Gasteiger partial charge < -0.3 is 5.32 Å². The van der Waals surface area contributed by atoms with Gasteiger partial charge in [0.2, 0.25) is 0 Å². The van der Waals surface area contributed by atoms with E-state index in [0.717, 1.165) is 12.0 Å². The van der Waals surface area contributed by atoms with Crippen LogP contribution in [0, 0.1) is 5.92 Å². The van der Waals surface area contributed by atoms with E-state index in [9.17, 15) is 4.79 Å². The molecule has 1 heterocycles. The third-order valence-electron chi connectivity index (χ3n) is 3.61. The normalized spacial score (nSPS) is 20.1. The van der Waals surface area contributed by atoms with Crippen molar-refractivity contribution >= 4 is 29.1 Å². The second-order valence-corrected chi connectivity index (χ2v) is 5.91. The van der Waals surface area contributed by atoms with Gasteiger partial charge in [0.1, 0.15) is 5.69 Å². The Hall–Kier alpha value is -1.65. The third-order valence-corrected chi connectivity index (χ3v) is 4.17. The Kier molecular flexibility index (Phi) is 4.08. The molecule has 1 aromatic heterocycles. The highest BCUT2D eigenvalue weighted by Gasteiger charge is 2.39. The van der Waals surface area contributed by atoms with E-state index in [4.69, 9.17) is 23.2 Å².